The molecule has 130 valence electrons. The average Bonchev–Trinajstić information content (AvgIpc) is 2.50. The molecular weight excluding hydrogens is 321 g/mol. The van der Waals surface area contributed by atoms with E-state index in [9.17, 15) is 22.8 Å². The maximum Gasteiger partial charge on any atom is 0.416 e. The zero-order chi connectivity index (χ0) is 17.9. The van der Waals surface area contributed by atoms with Crippen LogP contribution in [0.1, 0.15) is 30.9 Å². The van der Waals surface area contributed by atoms with E-state index in [1.165, 1.54) is 18.2 Å². The van der Waals surface area contributed by atoms with Gasteiger partial charge in [-0.2, -0.15) is 13.2 Å². The Balaban J connectivity index is 2.05. The van der Waals surface area contributed by atoms with Crippen molar-refractivity contribution in [2.75, 3.05) is 13.6 Å². The summed E-state index contributed by atoms with van der Waals surface area (Å²) in [5.41, 5.74) is 0.0373. The number of hydrogen-bond acceptors (Lipinski definition) is 2. The zero-order valence-corrected chi connectivity index (χ0v) is 13.5. The van der Waals surface area contributed by atoms with E-state index in [-0.39, 0.29) is 17.9 Å². The lowest BCUT2D eigenvalue weighted by Gasteiger charge is -2.29. The standard InChI is InChI=1S/C17H19F3N2O2/c1-11(12-4-3-5-13(9-12)17(18,19)20)8-15(23)21-14-6-7-16(24)22(2)10-14/h3-5,8-9,14H,6-7,10H2,1-2H3,(H,21,23)/b11-8+/t14-/m0/s1. The van der Waals surface area contributed by atoms with Crippen molar-refractivity contribution >= 4 is 17.4 Å². The highest BCUT2D eigenvalue weighted by molar-refractivity contribution is 5.95. The highest BCUT2D eigenvalue weighted by atomic mass is 19.4. The molecule has 2 rings (SSSR count). The van der Waals surface area contributed by atoms with Crippen LogP contribution in [-0.2, 0) is 15.8 Å². The lowest BCUT2D eigenvalue weighted by Crippen LogP contribution is -2.48. The molecule has 1 aromatic carbocycles. The molecule has 1 heterocycles. The third kappa shape index (κ3) is 4.59. The van der Waals surface area contributed by atoms with Gasteiger partial charge in [0.25, 0.3) is 0 Å². The minimum atomic E-state index is -4.42. The fraction of sp³-hybridized carbons (Fsp3) is 0.412. The van der Waals surface area contributed by atoms with Crippen molar-refractivity contribution < 1.29 is 22.8 Å². The van der Waals surface area contributed by atoms with Crippen LogP contribution in [-0.4, -0.2) is 36.3 Å². The van der Waals surface area contributed by atoms with E-state index in [0.717, 1.165) is 12.1 Å². The van der Waals surface area contributed by atoms with Crippen LogP contribution in [0, 0.1) is 0 Å². The summed E-state index contributed by atoms with van der Waals surface area (Å²) >= 11 is 0. The van der Waals surface area contributed by atoms with Crippen LogP contribution in [0.3, 0.4) is 0 Å². The highest BCUT2D eigenvalue weighted by Gasteiger charge is 2.30. The van der Waals surface area contributed by atoms with Crippen molar-refractivity contribution in [2.24, 2.45) is 0 Å². The summed E-state index contributed by atoms with van der Waals surface area (Å²) in [5, 5.41) is 2.78. The van der Waals surface area contributed by atoms with E-state index in [1.807, 2.05) is 0 Å². The number of piperidine rings is 1. The van der Waals surface area contributed by atoms with Crippen LogP contribution in [0.25, 0.3) is 5.57 Å². The minimum absolute atomic E-state index is 0.0381. The molecule has 0 aliphatic carbocycles. The predicted octanol–water partition coefficient (Wildman–Crippen LogP) is 2.85. The Morgan fingerprint density at radius 1 is 1.38 bits per heavy atom. The van der Waals surface area contributed by atoms with E-state index >= 15 is 0 Å². The molecular formula is C17H19F3N2O2. The Labute approximate surface area is 138 Å². The van der Waals surface area contributed by atoms with Gasteiger partial charge in [-0.15, -0.1) is 0 Å². The second-order valence-electron chi connectivity index (χ2n) is 5.92. The SMILES string of the molecule is C/C(=C\C(=O)N[C@H]1CCC(=O)N(C)C1)c1cccc(C(F)(F)F)c1. The van der Waals surface area contributed by atoms with Crippen molar-refractivity contribution in [1.82, 2.24) is 10.2 Å². The monoisotopic (exact) mass is 340 g/mol. The molecule has 1 aliphatic rings. The highest BCUT2D eigenvalue weighted by Crippen LogP contribution is 2.30. The number of rotatable bonds is 3. The molecule has 7 heteroatoms. The van der Waals surface area contributed by atoms with Crippen LogP contribution in [0.15, 0.2) is 30.3 Å². The molecule has 1 aromatic rings. The molecule has 0 aromatic heterocycles. The van der Waals surface area contributed by atoms with Gasteiger partial charge in [0.05, 0.1) is 5.56 Å². The maximum absolute atomic E-state index is 12.7. The van der Waals surface area contributed by atoms with Crippen LogP contribution >= 0.6 is 0 Å². The van der Waals surface area contributed by atoms with Gasteiger partial charge in [-0.1, -0.05) is 12.1 Å². The third-order valence-electron chi connectivity index (χ3n) is 3.97. The van der Waals surface area contributed by atoms with Crippen molar-refractivity contribution in [3.63, 3.8) is 0 Å². The molecule has 2 amide bonds. The Morgan fingerprint density at radius 2 is 2.08 bits per heavy atom. The number of halogens is 3. The summed E-state index contributed by atoms with van der Waals surface area (Å²) in [5.74, 6) is -0.339. The van der Waals surface area contributed by atoms with E-state index < -0.39 is 11.7 Å². The number of nitrogens with one attached hydrogen (secondary N) is 1. The summed E-state index contributed by atoms with van der Waals surface area (Å²) in [6.07, 6.45) is -2.20. The molecule has 0 radical (unpaired) electrons. The number of likely N-dealkylation sites (N-methyl/N-ethyl adjacent to an activating group) is 1. The lowest BCUT2D eigenvalue weighted by molar-refractivity contribution is -0.137. The number of carbonyl (C=O) groups is 2. The molecule has 0 bridgehead atoms. The molecule has 1 fully saturated rings. The van der Waals surface area contributed by atoms with E-state index in [0.29, 0.717) is 30.5 Å². The number of allylic oxidation sites excluding steroid dienone is 1. The zero-order valence-electron chi connectivity index (χ0n) is 13.5. The van der Waals surface area contributed by atoms with Crippen LogP contribution < -0.4 is 5.32 Å². The number of carbonyl (C=O) groups excluding carboxylic acids is 2. The van der Waals surface area contributed by atoms with Crippen molar-refractivity contribution in [2.45, 2.75) is 32.0 Å². The summed E-state index contributed by atoms with van der Waals surface area (Å²) in [4.78, 5) is 25.0. The minimum Gasteiger partial charge on any atom is -0.348 e. The molecule has 0 spiro atoms. The Bertz CT molecular complexity index is 668. The van der Waals surface area contributed by atoms with Gasteiger partial charge in [0.15, 0.2) is 0 Å². The summed E-state index contributed by atoms with van der Waals surface area (Å²) in [6.45, 7) is 2.02. The van der Waals surface area contributed by atoms with Gasteiger partial charge in [-0.25, -0.2) is 0 Å². The van der Waals surface area contributed by atoms with Gasteiger partial charge in [0, 0.05) is 32.1 Å². The first-order valence-electron chi connectivity index (χ1n) is 7.57. The van der Waals surface area contributed by atoms with Gasteiger partial charge in [-0.05, 0) is 36.6 Å². The molecule has 1 saturated heterocycles. The second kappa shape index (κ2) is 7.07. The quantitative estimate of drug-likeness (QED) is 0.860. The largest absolute Gasteiger partial charge is 0.416 e. The molecule has 0 unspecified atom stereocenters. The van der Waals surface area contributed by atoms with E-state index in [1.54, 1.807) is 18.9 Å². The van der Waals surface area contributed by atoms with Crippen molar-refractivity contribution in [3.05, 3.63) is 41.5 Å². The lowest BCUT2D eigenvalue weighted by atomic mass is 10.0. The van der Waals surface area contributed by atoms with Gasteiger partial charge >= 0.3 is 6.18 Å². The van der Waals surface area contributed by atoms with Gasteiger partial charge in [0.2, 0.25) is 11.8 Å². The summed E-state index contributed by atoms with van der Waals surface area (Å²) < 4.78 is 38.2. The maximum atomic E-state index is 12.7. The molecule has 24 heavy (non-hydrogen) atoms. The number of amides is 2. The Hall–Kier alpha value is -2.31. The molecule has 4 nitrogen and oxygen atoms in total. The molecule has 0 saturated carbocycles. The average molecular weight is 340 g/mol. The first-order chi connectivity index (χ1) is 11.2. The third-order valence-corrected chi connectivity index (χ3v) is 3.97. The molecule has 1 atom stereocenters. The van der Waals surface area contributed by atoms with Gasteiger partial charge < -0.3 is 10.2 Å². The van der Waals surface area contributed by atoms with Crippen LogP contribution in [0.5, 0.6) is 0 Å². The van der Waals surface area contributed by atoms with E-state index in [4.69, 9.17) is 0 Å². The van der Waals surface area contributed by atoms with Crippen LogP contribution in [0.2, 0.25) is 0 Å². The fourth-order valence-electron chi connectivity index (χ4n) is 2.59. The number of hydrogen-bond donors (Lipinski definition) is 1. The fourth-order valence-corrected chi connectivity index (χ4v) is 2.59. The second-order valence-corrected chi connectivity index (χ2v) is 5.92. The Morgan fingerprint density at radius 3 is 2.71 bits per heavy atom. The van der Waals surface area contributed by atoms with E-state index in [2.05, 4.69) is 5.32 Å². The van der Waals surface area contributed by atoms with Gasteiger partial charge in [-0.3, -0.25) is 9.59 Å². The smallest absolute Gasteiger partial charge is 0.348 e. The number of alkyl halides is 3. The van der Waals surface area contributed by atoms with Gasteiger partial charge in [0.1, 0.15) is 0 Å². The first-order valence-corrected chi connectivity index (χ1v) is 7.57. The Kier molecular flexibility index (Phi) is 5.31. The van der Waals surface area contributed by atoms with Crippen molar-refractivity contribution in [1.29, 1.82) is 0 Å². The normalized spacial score (nSPS) is 19.4. The summed E-state index contributed by atoms with van der Waals surface area (Å²) in [6, 6.07) is 4.71. The topological polar surface area (TPSA) is 49.4 Å². The predicted molar refractivity (Wildman–Crippen MR) is 83.9 cm³/mol. The number of likely N-dealkylation sites (tertiary alicyclic amines) is 1. The molecule has 1 aliphatic heterocycles. The molecule has 1 N–H and O–H groups in total. The first kappa shape index (κ1) is 18.0. The van der Waals surface area contributed by atoms with Crippen LogP contribution in [0.4, 0.5) is 13.2 Å². The summed E-state index contributed by atoms with van der Waals surface area (Å²) in [7, 11) is 1.67. The number of benzene rings is 1. The van der Waals surface area contributed by atoms with Crippen molar-refractivity contribution in [3.8, 4) is 0 Å². The number of nitrogens with zero attached hydrogens (tertiary/aromatic N) is 1.